The van der Waals surface area contributed by atoms with Crippen LogP contribution in [0.25, 0.3) is 0 Å². The molecule has 8 heteroatoms. The number of unbranched alkanes of at least 4 members (excludes halogenated alkanes) is 1. The molecule has 2 aromatic carbocycles. The number of hydrogen-bond donors (Lipinski definition) is 2. The molecule has 1 atom stereocenters. The second kappa shape index (κ2) is 12.4. The molecule has 0 radical (unpaired) electrons. The highest BCUT2D eigenvalue weighted by atomic mass is 32.2. The molecule has 2 aromatic rings. The number of sulfone groups is 1. The van der Waals surface area contributed by atoms with Gasteiger partial charge >= 0.3 is 5.97 Å². The molecule has 0 aromatic heterocycles. The molecular weight excluding hydrogens is 478 g/mol. The Morgan fingerprint density at radius 1 is 1.08 bits per heavy atom. The molecule has 0 saturated heterocycles. The number of carbonyl (C=O) groups is 2. The molecule has 36 heavy (non-hydrogen) atoms. The van der Waals surface area contributed by atoms with E-state index in [2.05, 4.69) is 12.2 Å². The molecule has 2 N–H and O–H groups in total. The van der Waals surface area contributed by atoms with Crippen LogP contribution in [0.3, 0.4) is 0 Å². The van der Waals surface area contributed by atoms with Crippen LogP contribution in [0.5, 0.6) is 5.75 Å². The van der Waals surface area contributed by atoms with Crippen LogP contribution >= 0.6 is 0 Å². The Kier molecular flexibility index (Phi) is 10.1. The summed E-state index contributed by atoms with van der Waals surface area (Å²) in [5, 5.41) is 12.2. The molecule has 0 fully saturated rings. The molecule has 0 aliphatic rings. The van der Waals surface area contributed by atoms with E-state index in [-0.39, 0.29) is 40.7 Å². The third-order valence-electron chi connectivity index (χ3n) is 6.24. The maximum absolute atomic E-state index is 13.3. The molecular formula is C28H39NO6S. The van der Waals surface area contributed by atoms with Crippen molar-refractivity contribution >= 4 is 27.4 Å². The summed E-state index contributed by atoms with van der Waals surface area (Å²) in [5.41, 5.74) is 2.68. The lowest BCUT2D eigenvalue weighted by Gasteiger charge is -2.25. The number of nitrogens with one attached hydrogen (secondary N) is 1. The van der Waals surface area contributed by atoms with Crippen LogP contribution in [0.4, 0.5) is 5.69 Å². The van der Waals surface area contributed by atoms with Crippen molar-refractivity contribution in [3.8, 4) is 5.75 Å². The van der Waals surface area contributed by atoms with Gasteiger partial charge in [-0.15, -0.1) is 0 Å². The van der Waals surface area contributed by atoms with Crippen LogP contribution in [-0.2, 0) is 31.3 Å². The van der Waals surface area contributed by atoms with E-state index in [1.165, 1.54) is 13.2 Å². The number of carbonyl (C=O) groups excluding carboxylic acids is 1. The first-order valence-corrected chi connectivity index (χ1v) is 14.0. The lowest BCUT2D eigenvalue weighted by molar-refractivity contribution is -0.136. The molecule has 1 amide bonds. The largest absolute Gasteiger partial charge is 0.496 e. The highest BCUT2D eigenvalue weighted by molar-refractivity contribution is 7.91. The predicted octanol–water partition coefficient (Wildman–Crippen LogP) is 5.72. The van der Waals surface area contributed by atoms with Crippen LogP contribution in [-0.4, -0.2) is 38.3 Å². The lowest BCUT2D eigenvalue weighted by Crippen LogP contribution is -2.21. The normalized spacial score (nSPS) is 12.7. The first kappa shape index (κ1) is 29.4. The Balaban J connectivity index is 2.39. The van der Waals surface area contributed by atoms with Gasteiger partial charge in [-0.2, -0.15) is 0 Å². The summed E-state index contributed by atoms with van der Waals surface area (Å²) in [7, 11) is -1.88. The van der Waals surface area contributed by atoms with Gasteiger partial charge in [0, 0.05) is 12.1 Å². The van der Waals surface area contributed by atoms with E-state index in [4.69, 9.17) is 4.74 Å². The van der Waals surface area contributed by atoms with Gasteiger partial charge in [0.25, 0.3) is 0 Å². The Hall–Kier alpha value is -2.87. The molecule has 0 aliphatic heterocycles. The van der Waals surface area contributed by atoms with Crippen molar-refractivity contribution in [2.24, 2.45) is 0 Å². The Morgan fingerprint density at radius 2 is 1.78 bits per heavy atom. The van der Waals surface area contributed by atoms with Gasteiger partial charge in [0.2, 0.25) is 5.91 Å². The van der Waals surface area contributed by atoms with Crippen molar-refractivity contribution in [3.05, 3.63) is 53.1 Å². The van der Waals surface area contributed by atoms with Crippen LogP contribution < -0.4 is 10.1 Å². The minimum Gasteiger partial charge on any atom is -0.496 e. The SMILES string of the molecule is CCCCC(CC(=O)Nc1cc(CC(=O)O)ccc1C(C)(C)C)c1ccc(S(=O)(=O)CC)cc1OC. The Bertz CT molecular complexity index is 1180. The zero-order chi connectivity index (χ0) is 27.1. The van der Waals surface area contributed by atoms with Gasteiger partial charge in [-0.1, -0.05) is 65.7 Å². The maximum atomic E-state index is 13.3. The molecule has 2 rings (SSSR count). The summed E-state index contributed by atoms with van der Waals surface area (Å²) in [6.07, 6.45) is 2.65. The lowest BCUT2D eigenvalue weighted by atomic mass is 9.84. The van der Waals surface area contributed by atoms with Crippen molar-refractivity contribution in [3.63, 3.8) is 0 Å². The standard InChI is InChI=1S/C28H39NO6S/c1-7-9-10-20(22-13-12-21(18-25(22)35-6)36(33,34)8-2)17-26(30)29-24-15-19(16-27(31)32)11-14-23(24)28(3,4)5/h11-15,18,20H,7-10,16-17H2,1-6H3,(H,29,30)(H,31,32). The Morgan fingerprint density at radius 3 is 2.33 bits per heavy atom. The van der Waals surface area contributed by atoms with Crippen molar-refractivity contribution in [1.29, 1.82) is 0 Å². The van der Waals surface area contributed by atoms with Gasteiger partial charge in [0.1, 0.15) is 5.75 Å². The zero-order valence-corrected chi connectivity index (χ0v) is 23.0. The number of rotatable bonds is 12. The van der Waals surface area contributed by atoms with Gasteiger partial charge < -0.3 is 15.2 Å². The van der Waals surface area contributed by atoms with E-state index in [1.807, 2.05) is 26.8 Å². The highest BCUT2D eigenvalue weighted by Gasteiger charge is 2.24. The van der Waals surface area contributed by atoms with Crippen molar-refractivity contribution in [2.75, 3.05) is 18.2 Å². The van der Waals surface area contributed by atoms with Gasteiger partial charge in [0.15, 0.2) is 9.84 Å². The van der Waals surface area contributed by atoms with Gasteiger partial charge in [0.05, 0.1) is 24.2 Å². The molecule has 0 heterocycles. The molecule has 0 saturated carbocycles. The van der Waals surface area contributed by atoms with Crippen molar-refractivity contribution in [1.82, 2.24) is 0 Å². The van der Waals surface area contributed by atoms with Gasteiger partial charge in [-0.05, 0) is 52.6 Å². The number of amides is 1. The van der Waals surface area contributed by atoms with Crippen LogP contribution in [0.1, 0.15) is 82.9 Å². The minimum atomic E-state index is -3.39. The smallest absolute Gasteiger partial charge is 0.307 e. The predicted molar refractivity (Wildman–Crippen MR) is 143 cm³/mol. The van der Waals surface area contributed by atoms with Crippen molar-refractivity contribution in [2.45, 2.75) is 83.0 Å². The second-order valence-electron chi connectivity index (χ2n) is 10.1. The third-order valence-corrected chi connectivity index (χ3v) is 7.98. The summed E-state index contributed by atoms with van der Waals surface area (Å²) in [5.74, 6) is -0.845. The fourth-order valence-electron chi connectivity index (χ4n) is 4.27. The first-order valence-electron chi connectivity index (χ1n) is 12.4. The van der Waals surface area contributed by atoms with Crippen LogP contribution in [0, 0.1) is 0 Å². The average Bonchev–Trinajstić information content (AvgIpc) is 2.80. The van der Waals surface area contributed by atoms with Gasteiger partial charge in [-0.3, -0.25) is 9.59 Å². The molecule has 0 aliphatic carbocycles. The summed E-state index contributed by atoms with van der Waals surface area (Å²) in [6.45, 7) is 9.79. The van der Waals surface area contributed by atoms with E-state index in [9.17, 15) is 23.1 Å². The van der Waals surface area contributed by atoms with Crippen LogP contribution in [0.15, 0.2) is 41.3 Å². The Labute approximate surface area is 215 Å². The molecule has 0 spiro atoms. The molecule has 198 valence electrons. The summed E-state index contributed by atoms with van der Waals surface area (Å²) >= 11 is 0. The number of methoxy groups -OCH3 is 1. The number of benzene rings is 2. The maximum Gasteiger partial charge on any atom is 0.307 e. The number of aliphatic carboxylic acids is 1. The second-order valence-corrected chi connectivity index (χ2v) is 12.4. The summed E-state index contributed by atoms with van der Waals surface area (Å²) < 4.78 is 30.3. The zero-order valence-electron chi connectivity index (χ0n) is 22.2. The van der Waals surface area contributed by atoms with E-state index in [0.717, 1.165) is 30.4 Å². The monoisotopic (exact) mass is 517 g/mol. The topological polar surface area (TPSA) is 110 Å². The fraction of sp³-hybridized carbons (Fsp3) is 0.500. The molecule has 1 unspecified atom stereocenters. The van der Waals surface area contributed by atoms with E-state index >= 15 is 0 Å². The van der Waals surface area contributed by atoms with E-state index < -0.39 is 15.8 Å². The highest BCUT2D eigenvalue weighted by Crippen LogP contribution is 2.36. The van der Waals surface area contributed by atoms with E-state index in [1.54, 1.807) is 31.2 Å². The first-order chi connectivity index (χ1) is 16.8. The number of hydrogen-bond acceptors (Lipinski definition) is 5. The quantitative estimate of drug-likeness (QED) is 0.373. The number of anilines is 1. The summed E-state index contributed by atoms with van der Waals surface area (Å²) in [6, 6.07) is 10.3. The minimum absolute atomic E-state index is 0.00573. The van der Waals surface area contributed by atoms with E-state index in [0.29, 0.717) is 17.0 Å². The van der Waals surface area contributed by atoms with Crippen molar-refractivity contribution < 1.29 is 27.9 Å². The number of carboxylic acid groups (broad SMARTS) is 1. The average molecular weight is 518 g/mol. The van der Waals surface area contributed by atoms with Crippen LogP contribution in [0.2, 0.25) is 0 Å². The molecule has 7 nitrogen and oxygen atoms in total. The van der Waals surface area contributed by atoms with Gasteiger partial charge in [-0.25, -0.2) is 8.42 Å². The number of ether oxygens (including phenoxy) is 1. The number of carboxylic acids is 1. The molecule has 0 bridgehead atoms. The summed E-state index contributed by atoms with van der Waals surface area (Å²) in [4.78, 5) is 24.7. The fourth-order valence-corrected chi connectivity index (χ4v) is 5.16. The third kappa shape index (κ3) is 7.82.